The molecular formula is C36H70O4S2Zn. The molecule has 0 aliphatic heterocycles. The summed E-state index contributed by atoms with van der Waals surface area (Å²) in [6.45, 7) is 9.01. The zero-order chi connectivity index (χ0) is 31.5. The third-order valence-electron chi connectivity index (χ3n) is 7.65. The van der Waals surface area contributed by atoms with Crippen LogP contribution < -0.4 is 0 Å². The number of hydrogen-bond donors (Lipinski definition) is 0. The molecule has 2 atom stereocenters. The first-order valence-electron chi connectivity index (χ1n) is 18.0. The molecular weight excluding hydrogens is 626 g/mol. The molecule has 0 radical (unpaired) electrons. The molecule has 0 N–H and O–H groups in total. The van der Waals surface area contributed by atoms with Gasteiger partial charge in [0.15, 0.2) is 0 Å². The van der Waals surface area contributed by atoms with Crippen LogP contribution in [0, 0.1) is 0 Å². The van der Waals surface area contributed by atoms with Crippen molar-refractivity contribution in [1.29, 1.82) is 0 Å². The van der Waals surface area contributed by atoms with E-state index in [1.54, 1.807) is 13.8 Å². The Hall–Kier alpha value is 0.263. The number of esters is 2. The summed E-state index contributed by atoms with van der Waals surface area (Å²) in [5, 5.41) is -0.820. The number of carbonyl (C=O) groups is 2. The van der Waals surface area contributed by atoms with Gasteiger partial charge in [-0.3, -0.25) is 9.59 Å². The molecule has 0 saturated carbocycles. The fourth-order valence-corrected chi connectivity index (χ4v) is 4.96. The van der Waals surface area contributed by atoms with Gasteiger partial charge in [0, 0.05) is 0 Å². The van der Waals surface area contributed by atoms with Crippen LogP contribution in [0.4, 0.5) is 0 Å². The van der Waals surface area contributed by atoms with E-state index < -0.39 is 10.5 Å². The van der Waals surface area contributed by atoms with E-state index in [0.717, 1.165) is 25.7 Å². The molecule has 0 saturated heterocycles. The smallest absolute Gasteiger partial charge is 0.778 e. The van der Waals surface area contributed by atoms with Crippen LogP contribution in [0.25, 0.3) is 0 Å². The maximum atomic E-state index is 11.1. The Balaban J connectivity index is -0.000000727. The summed E-state index contributed by atoms with van der Waals surface area (Å²) in [4.78, 5) is 22.3. The number of hydrogen-bond acceptors (Lipinski definition) is 6. The van der Waals surface area contributed by atoms with Crippen molar-refractivity contribution in [1.82, 2.24) is 0 Å². The van der Waals surface area contributed by atoms with Crippen LogP contribution in [0.15, 0.2) is 0 Å². The Kier molecular flexibility index (Phi) is 44.7. The minimum atomic E-state index is -0.410. The van der Waals surface area contributed by atoms with Gasteiger partial charge in [-0.2, -0.15) is 0 Å². The van der Waals surface area contributed by atoms with Gasteiger partial charge in [-0.15, -0.1) is 0 Å². The van der Waals surface area contributed by atoms with Gasteiger partial charge in [-0.25, -0.2) is 0 Å². The molecule has 4 nitrogen and oxygen atoms in total. The van der Waals surface area contributed by atoms with Crippen molar-refractivity contribution in [3.8, 4) is 0 Å². The molecule has 0 fully saturated rings. The van der Waals surface area contributed by atoms with Gasteiger partial charge < -0.3 is 34.7 Å². The third-order valence-corrected chi connectivity index (χ3v) is 8.03. The van der Waals surface area contributed by atoms with E-state index in [1.165, 1.54) is 141 Å². The molecule has 0 aliphatic carbocycles. The van der Waals surface area contributed by atoms with Crippen LogP contribution >= 0.6 is 0 Å². The maximum Gasteiger partial charge on any atom is 2.00 e. The summed E-state index contributed by atoms with van der Waals surface area (Å²) in [5.74, 6) is -0.493. The van der Waals surface area contributed by atoms with Gasteiger partial charge in [0.1, 0.15) is 0 Å². The van der Waals surface area contributed by atoms with Crippen molar-refractivity contribution in [2.24, 2.45) is 0 Å². The van der Waals surface area contributed by atoms with Crippen molar-refractivity contribution in [3.63, 3.8) is 0 Å². The Labute approximate surface area is 292 Å². The van der Waals surface area contributed by atoms with Crippen LogP contribution in [0.5, 0.6) is 0 Å². The van der Waals surface area contributed by atoms with Gasteiger partial charge in [0.05, 0.1) is 13.2 Å². The number of rotatable bonds is 30. The summed E-state index contributed by atoms with van der Waals surface area (Å²) in [5.41, 5.74) is 0. The van der Waals surface area contributed by atoms with Crippen LogP contribution in [0.1, 0.15) is 195 Å². The molecule has 0 rings (SSSR count). The molecule has 252 valence electrons. The van der Waals surface area contributed by atoms with Crippen LogP contribution in [-0.4, -0.2) is 35.7 Å². The van der Waals surface area contributed by atoms with Gasteiger partial charge in [-0.1, -0.05) is 192 Å². The second-order valence-electron chi connectivity index (χ2n) is 12.1. The maximum absolute atomic E-state index is 11.1. The topological polar surface area (TPSA) is 52.6 Å². The van der Waals surface area contributed by atoms with Gasteiger partial charge >= 0.3 is 19.5 Å². The predicted octanol–water partition coefficient (Wildman–Crippen LogP) is 11.1. The molecule has 0 amide bonds. The van der Waals surface area contributed by atoms with E-state index >= 15 is 0 Å². The molecule has 0 aromatic rings. The quantitative estimate of drug-likeness (QED) is 0.0323. The summed E-state index contributed by atoms with van der Waals surface area (Å²) in [6, 6.07) is 0. The molecule has 0 aromatic carbocycles. The molecule has 0 heterocycles. The van der Waals surface area contributed by atoms with Crippen molar-refractivity contribution < 1.29 is 38.5 Å². The molecule has 0 aromatic heterocycles. The van der Waals surface area contributed by atoms with E-state index in [9.17, 15) is 9.59 Å². The summed E-state index contributed by atoms with van der Waals surface area (Å²) < 4.78 is 10.1. The van der Waals surface area contributed by atoms with E-state index in [0.29, 0.717) is 13.2 Å². The second-order valence-corrected chi connectivity index (χ2v) is 13.5. The van der Waals surface area contributed by atoms with Gasteiger partial charge in [0.25, 0.3) is 11.9 Å². The summed E-state index contributed by atoms with van der Waals surface area (Å²) in [6.07, 6.45) is 34.6. The first-order chi connectivity index (χ1) is 20.4. The zero-order valence-corrected chi connectivity index (χ0v) is 33.7. The first kappa shape index (κ1) is 47.7. The van der Waals surface area contributed by atoms with Gasteiger partial charge in [0.2, 0.25) is 0 Å². The molecule has 0 aliphatic rings. The third kappa shape index (κ3) is 42.3. The van der Waals surface area contributed by atoms with Crippen LogP contribution in [0.3, 0.4) is 0 Å². The van der Waals surface area contributed by atoms with E-state index in [2.05, 4.69) is 13.8 Å². The summed E-state index contributed by atoms with van der Waals surface area (Å²) >= 11 is 9.65. The Morgan fingerprint density at radius 3 is 0.791 bits per heavy atom. The molecule has 0 spiro atoms. The van der Waals surface area contributed by atoms with Crippen LogP contribution in [0.2, 0.25) is 0 Å². The fraction of sp³-hybridized carbons (Fsp3) is 0.944. The van der Waals surface area contributed by atoms with Gasteiger partial charge in [-0.05, 0) is 12.8 Å². The normalized spacial score (nSPS) is 12.0. The average molecular weight is 696 g/mol. The number of unbranched alkanes of at least 4 members (excludes halogenated alkanes) is 24. The molecule has 7 heteroatoms. The minimum absolute atomic E-state index is 0. The van der Waals surface area contributed by atoms with Crippen molar-refractivity contribution >= 4 is 37.2 Å². The average Bonchev–Trinajstić information content (AvgIpc) is 2.97. The molecule has 43 heavy (non-hydrogen) atoms. The SMILES string of the molecule is CCCCCCCCCCCCCCCOC(=O)C(C)[S-].CCCCCCCCCCCCCCCOC(=O)C(C)[S-].[Zn+2]. The second kappa shape index (κ2) is 40.3. The molecule has 2 unspecified atom stereocenters. The Morgan fingerprint density at radius 2 is 0.605 bits per heavy atom. The van der Waals surface area contributed by atoms with E-state index in [-0.39, 0.29) is 31.4 Å². The summed E-state index contributed by atoms with van der Waals surface area (Å²) in [7, 11) is 0. The number of carbonyl (C=O) groups excluding carboxylic acids is 2. The van der Waals surface area contributed by atoms with Crippen molar-refractivity contribution in [3.05, 3.63) is 0 Å². The Morgan fingerprint density at radius 1 is 0.419 bits per heavy atom. The largest absolute Gasteiger partial charge is 2.00 e. The standard InChI is InChI=1S/2C18H36O2S.Zn/c2*1-3-4-5-6-7-8-9-10-11-12-13-14-15-16-20-18(19)17(2)21;/h2*17,21H,3-16H2,1-2H3;/q;;+2/p-2. The first-order valence-corrected chi connectivity index (χ1v) is 19.0. The molecule has 0 bridgehead atoms. The van der Waals surface area contributed by atoms with E-state index in [4.69, 9.17) is 34.7 Å². The predicted molar refractivity (Wildman–Crippen MR) is 187 cm³/mol. The monoisotopic (exact) mass is 694 g/mol. The van der Waals surface area contributed by atoms with Crippen molar-refractivity contribution in [2.75, 3.05) is 13.2 Å². The van der Waals surface area contributed by atoms with E-state index in [1.807, 2.05) is 0 Å². The number of ether oxygens (including phenoxy) is 2. The minimum Gasteiger partial charge on any atom is -0.778 e. The Bertz CT molecular complexity index is 513. The fourth-order valence-electron chi connectivity index (χ4n) is 4.82. The van der Waals surface area contributed by atoms with Crippen LogP contribution in [-0.2, 0) is 63.8 Å². The van der Waals surface area contributed by atoms with Crippen molar-refractivity contribution in [2.45, 2.75) is 205 Å². The zero-order valence-electron chi connectivity index (χ0n) is 29.1.